The summed E-state index contributed by atoms with van der Waals surface area (Å²) in [6, 6.07) is -0.217. The molecule has 0 aromatic carbocycles. The van der Waals surface area contributed by atoms with E-state index in [9.17, 15) is 4.79 Å². The Morgan fingerprint density at radius 3 is 2.21 bits per heavy atom. The second-order valence-corrected chi connectivity index (χ2v) is 4.00. The van der Waals surface area contributed by atoms with Gasteiger partial charge < -0.3 is 5.73 Å². The molecule has 0 aliphatic rings. The molecule has 0 radical (unpaired) electrons. The van der Waals surface area contributed by atoms with Crippen LogP contribution in [0.4, 0.5) is 0 Å². The van der Waals surface area contributed by atoms with Crippen molar-refractivity contribution in [3.8, 4) is 0 Å². The number of nitrogens with two attached hydrogens (primary N) is 1. The second kappa shape index (κ2) is 9.20. The summed E-state index contributed by atoms with van der Waals surface area (Å²) in [4.78, 5) is 11.3. The molecule has 0 spiro atoms. The summed E-state index contributed by atoms with van der Waals surface area (Å²) < 4.78 is 0. The fourth-order valence-corrected chi connectivity index (χ4v) is 1.49. The Kier molecular flexibility index (Phi) is 8.95. The number of Topliss-reactive ketones (excluding diaryl/α,β-unsaturated/α-hetero) is 1. The van der Waals surface area contributed by atoms with Gasteiger partial charge in [0, 0.05) is 6.42 Å². The summed E-state index contributed by atoms with van der Waals surface area (Å²) in [5, 5.41) is 0. The summed E-state index contributed by atoms with van der Waals surface area (Å²) in [5.74, 6) is 0.239. The highest BCUT2D eigenvalue weighted by molar-refractivity contribution is 5.83. The van der Waals surface area contributed by atoms with Crippen LogP contribution in [0.1, 0.15) is 65.2 Å². The molecule has 0 heterocycles. The Bertz CT molecular complexity index is 145. The van der Waals surface area contributed by atoms with Gasteiger partial charge in [-0.3, -0.25) is 4.79 Å². The van der Waals surface area contributed by atoms with E-state index >= 15 is 0 Å². The normalized spacial score (nSPS) is 12.8. The van der Waals surface area contributed by atoms with Crippen molar-refractivity contribution in [3.05, 3.63) is 0 Å². The van der Waals surface area contributed by atoms with Crippen LogP contribution in [0.15, 0.2) is 0 Å². The van der Waals surface area contributed by atoms with Crippen LogP contribution in [-0.2, 0) is 4.79 Å². The summed E-state index contributed by atoms with van der Waals surface area (Å²) >= 11 is 0. The molecule has 1 atom stereocenters. The van der Waals surface area contributed by atoms with E-state index in [-0.39, 0.29) is 11.8 Å². The maximum atomic E-state index is 11.3. The lowest BCUT2D eigenvalue weighted by atomic mass is 10.0. The molecule has 0 aromatic rings. The fourth-order valence-electron chi connectivity index (χ4n) is 1.49. The Morgan fingerprint density at radius 2 is 1.64 bits per heavy atom. The third-order valence-electron chi connectivity index (χ3n) is 2.63. The van der Waals surface area contributed by atoms with Gasteiger partial charge in [-0.1, -0.05) is 46.0 Å². The zero-order chi connectivity index (χ0) is 10.8. The molecule has 0 rings (SSSR count). The molecule has 0 aromatic heterocycles. The van der Waals surface area contributed by atoms with E-state index in [1.165, 1.54) is 32.1 Å². The standard InChI is InChI=1S/C12H25NO/c1-3-5-6-7-8-9-10-12(14)11(13)4-2/h11H,3-10,13H2,1-2H3. The van der Waals surface area contributed by atoms with Crippen LogP contribution < -0.4 is 5.73 Å². The van der Waals surface area contributed by atoms with Crippen molar-refractivity contribution in [2.24, 2.45) is 5.73 Å². The molecule has 84 valence electrons. The van der Waals surface area contributed by atoms with E-state index in [2.05, 4.69) is 6.92 Å². The quantitative estimate of drug-likeness (QED) is 0.580. The van der Waals surface area contributed by atoms with E-state index in [0.29, 0.717) is 6.42 Å². The van der Waals surface area contributed by atoms with E-state index in [1.807, 2.05) is 6.92 Å². The third-order valence-corrected chi connectivity index (χ3v) is 2.63. The first-order valence-corrected chi connectivity index (χ1v) is 6.00. The molecule has 0 saturated heterocycles. The number of carbonyl (C=O) groups is 1. The average Bonchev–Trinajstić information content (AvgIpc) is 2.21. The molecule has 0 bridgehead atoms. The van der Waals surface area contributed by atoms with Crippen molar-refractivity contribution in [3.63, 3.8) is 0 Å². The number of hydrogen-bond acceptors (Lipinski definition) is 2. The highest BCUT2D eigenvalue weighted by atomic mass is 16.1. The van der Waals surface area contributed by atoms with Crippen LogP contribution in [0, 0.1) is 0 Å². The van der Waals surface area contributed by atoms with Crippen molar-refractivity contribution in [1.82, 2.24) is 0 Å². The highest BCUT2D eigenvalue weighted by Gasteiger charge is 2.09. The lowest BCUT2D eigenvalue weighted by Gasteiger charge is -2.06. The van der Waals surface area contributed by atoms with Crippen LogP contribution >= 0.6 is 0 Å². The molecule has 2 heteroatoms. The Morgan fingerprint density at radius 1 is 1.07 bits per heavy atom. The first-order chi connectivity index (χ1) is 6.72. The molecule has 2 N–H and O–H groups in total. The van der Waals surface area contributed by atoms with E-state index in [1.54, 1.807) is 0 Å². The molecule has 2 nitrogen and oxygen atoms in total. The summed E-state index contributed by atoms with van der Waals surface area (Å²) in [7, 11) is 0. The monoisotopic (exact) mass is 199 g/mol. The number of rotatable bonds is 9. The Labute approximate surface area is 88.3 Å². The smallest absolute Gasteiger partial charge is 0.149 e. The zero-order valence-corrected chi connectivity index (χ0v) is 9.72. The Hall–Kier alpha value is -0.370. The van der Waals surface area contributed by atoms with Crippen molar-refractivity contribution < 1.29 is 4.79 Å². The minimum atomic E-state index is -0.217. The average molecular weight is 199 g/mol. The van der Waals surface area contributed by atoms with Crippen molar-refractivity contribution in [2.45, 2.75) is 71.3 Å². The van der Waals surface area contributed by atoms with Gasteiger partial charge in [-0.25, -0.2) is 0 Å². The van der Waals surface area contributed by atoms with Gasteiger partial charge in [0.15, 0.2) is 0 Å². The number of unbranched alkanes of at least 4 members (excludes halogenated alkanes) is 5. The molecular formula is C12H25NO. The Balaban J connectivity index is 3.23. The minimum absolute atomic E-state index is 0.217. The molecule has 0 aliphatic carbocycles. The molecule has 0 fully saturated rings. The van der Waals surface area contributed by atoms with Gasteiger partial charge >= 0.3 is 0 Å². The molecule has 0 aliphatic heterocycles. The number of hydrogen-bond donors (Lipinski definition) is 1. The maximum Gasteiger partial charge on any atom is 0.149 e. The van der Waals surface area contributed by atoms with Crippen molar-refractivity contribution >= 4 is 5.78 Å². The predicted molar refractivity (Wildman–Crippen MR) is 61.3 cm³/mol. The van der Waals surface area contributed by atoms with Crippen molar-refractivity contribution in [1.29, 1.82) is 0 Å². The van der Waals surface area contributed by atoms with Crippen LogP contribution in [-0.4, -0.2) is 11.8 Å². The minimum Gasteiger partial charge on any atom is -0.322 e. The summed E-state index contributed by atoms with van der Waals surface area (Å²) in [5.41, 5.74) is 5.63. The lowest BCUT2D eigenvalue weighted by molar-refractivity contribution is -0.120. The fraction of sp³-hybridized carbons (Fsp3) is 0.917. The SMILES string of the molecule is CCCCCCCCC(=O)C(N)CC. The first-order valence-electron chi connectivity index (χ1n) is 6.00. The van der Waals surface area contributed by atoms with Gasteiger partial charge in [0.1, 0.15) is 5.78 Å². The largest absolute Gasteiger partial charge is 0.322 e. The third kappa shape index (κ3) is 7.07. The molecular weight excluding hydrogens is 174 g/mol. The molecule has 1 unspecified atom stereocenters. The van der Waals surface area contributed by atoms with Crippen LogP contribution in [0.3, 0.4) is 0 Å². The first kappa shape index (κ1) is 13.6. The number of ketones is 1. The van der Waals surface area contributed by atoms with Gasteiger partial charge in [0.2, 0.25) is 0 Å². The molecule has 0 saturated carbocycles. The lowest BCUT2D eigenvalue weighted by Crippen LogP contribution is -2.29. The van der Waals surface area contributed by atoms with Crippen molar-refractivity contribution in [2.75, 3.05) is 0 Å². The van der Waals surface area contributed by atoms with Gasteiger partial charge in [-0.15, -0.1) is 0 Å². The zero-order valence-electron chi connectivity index (χ0n) is 9.72. The molecule has 14 heavy (non-hydrogen) atoms. The topological polar surface area (TPSA) is 43.1 Å². The highest BCUT2D eigenvalue weighted by Crippen LogP contribution is 2.08. The predicted octanol–water partition coefficient (Wildman–Crippen LogP) is 3.04. The van der Waals surface area contributed by atoms with Crippen LogP contribution in [0.2, 0.25) is 0 Å². The summed E-state index contributed by atoms with van der Waals surface area (Å²) in [6.07, 6.45) is 8.84. The van der Waals surface area contributed by atoms with Gasteiger partial charge in [0.25, 0.3) is 0 Å². The van der Waals surface area contributed by atoms with Crippen LogP contribution in [0.5, 0.6) is 0 Å². The summed E-state index contributed by atoms with van der Waals surface area (Å²) in [6.45, 7) is 4.17. The van der Waals surface area contributed by atoms with Gasteiger partial charge in [-0.05, 0) is 12.8 Å². The molecule has 0 amide bonds. The van der Waals surface area contributed by atoms with E-state index in [4.69, 9.17) is 5.73 Å². The van der Waals surface area contributed by atoms with Gasteiger partial charge in [-0.2, -0.15) is 0 Å². The van der Waals surface area contributed by atoms with E-state index in [0.717, 1.165) is 12.8 Å². The number of carbonyl (C=O) groups excluding carboxylic acids is 1. The van der Waals surface area contributed by atoms with E-state index < -0.39 is 0 Å². The van der Waals surface area contributed by atoms with Gasteiger partial charge in [0.05, 0.1) is 6.04 Å². The van der Waals surface area contributed by atoms with Crippen LogP contribution in [0.25, 0.3) is 0 Å². The maximum absolute atomic E-state index is 11.3. The second-order valence-electron chi connectivity index (χ2n) is 4.00.